The normalized spacial score (nSPS) is 16.5. The van der Waals surface area contributed by atoms with E-state index in [-0.39, 0.29) is 0 Å². The predicted molar refractivity (Wildman–Crippen MR) is 93.7 cm³/mol. The third-order valence-corrected chi connectivity index (χ3v) is 4.42. The Morgan fingerprint density at radius 1 is 1.12 bits per heavy atom. The zero-order valence-corrected chi connectivity index (χ0v) is 13.8. The van der Waals surface area contributed by atoms with Gasteiger partial charge >= 0.3 is 6.18 Å². The van der Waals surface area contributed by atoms with Crippen molar-refractivity contribution >= 4 is 28.5 Å². The maximum atomic E-state index is 12.9. The van der Waals surface area contributed by atoms with Crippen molar-refractivity contribution in [2.24, 2.45) is 4.99 Å². The van der Waals surface area contributed by atoms with Crippen LogP contribution in [0.15, 0.2) is 71.1 Å². The molecule has 128 valence electrons. The second kappa shape index (κ2) is 6.76. The lowest BCUT2D eigenvalue weighted by Crippen LogP contribution is -2.24. The maximum absolute atomic E-state index is 12.9. The number of nitrogens with zero attached hydrogens (tertiary/aromatic N) is 2. The topological polar surface area (TPSA) is 32.7 Å². The van der Waals surface area contributed by atoms with Crippen molar-refractivity contribution in [1.29, 1.82) is 0 Å². The average molecular weight is 362 g/mol. The highest BCUT2D eigenvalue weighted by molar-refractivity contribution is 8.18. The second-order valence-corrected chi connectivity index (χ2v) is 6.49. The molecule has 1 amide bonds. The van der Waals surface area contributed by atoms with Gasteiger partial charge in [-0.1, -0.05) is 42.6 Å². The first-order valence-electron chi connectivity index (χ1n) is 7.33. The van der Waals surface area contributed by atoms with Gasteiger partial charge in [0.05, 0.1) is 12.1 Å². The average Bonchev–Trinajstić information content (AvgIpc) is 2.95. The van der Waals surface area contributed by atoms with Crippen LogP contribution < -0.4 is 4.90 Å². The number of anilines is 1. The first-order chi connectivity index (χ1) is 11.8. The predicted octanol–water partition coefficient (Wildman–Crippen LogP) is 4.97. The van der Waals surface area contributed by atoms with Gasteiger partial charge in [-0.2, -0.15) is 18.2 Å². The molecule has 2 aromatic carbocycles. The number of carbonyl (C=O) groups is 1. The summed E-state index contributed by atoms with van der Waals surface area (Å²) in [5.41, 5.74) is -0.0149. The van der Waals surface area contributed by atoms with Crippen LogP contribution >= 0.6 is 11.8 Å². The van der Waals surface area contributed by atoms with Crippen LogP contribution in [0.5, 0.6) is 0 Å². The van der Waals surface area contributed by atoms with Gasteiger partial charge in [0.1, 0.15) is 0 Å². The number of amidine groups is 1. The van der Waals surface area contributed by atoms with E-state index < -0.39 is 17.6 Å². The minimum absolute atomic E-state index is 0.298. The van der Waals surface area contributed by atoms with E-state index in [9.17, 15) is 18.0 Å². The van der Waals surface area contributed by atoms with E-state index in [2.05, 4.69) is 11.6 Å². The fourth-order valence-corrected chi connectivity index (χ4v) is 3.19. The molecule has 1 saturated heterocycles. The summed E-state index contributed by atoms with van der Waals surface area (Å²) >= 11 is 1.18. The zero-order valence-electron chi connectivity index (χ0n) is 13.0. The van der Waals surface area contributed by atoms with Crippen molar-refractivity contribution in [3.05, 3.63) is 77.2 Å². The highest BCUT2D eigenvalue weighted by Crippen LogP contribution is 2.36. The highest BCUT2D eigenvalue weighted by atomic mass is 32.2. The molecule has 0 atom stereocenters. The highest BCUT2D eigenvalue weighted by Gasteiger charge is 2.32. The van der Waals surface area contributed by atoms with Crippen LogP contribution in [-0.4, -0.2) is 17.6 Å². The standard InChI is InChI=1S/C18H13F3N2OS/c1-12-11-23(15-9-5-8-14(10-15)18(19,20)21)17(25-12)22-16(24)13-6-3-2-4-7-13/h2-10H,1,11H2. The minimum atomic E-state index is -4.43. The summed E-state index contributed by atoms with van der Waals surface area (Å²) in [7, 11) is 0. The number of amides is 1. The lowest BCUT2D eigenvalue weighted by Gasteiger charge is -2.19. The van der Waals surface area contributed by atoms with E-state index in [1.807, 2.05) is 0 Å². The van der Waals surface area contributed by atoms with Crippen LogP contribution in [0.2, 0.25) is 0 Å². The Hall–Kier alpha value is -2.54. The monoisotopic (exact) mass is 362 g/mol. The number of carbonyl (C=O) groups excluding carboxylic acids is 1. The lowest BCUT2D eigenvalue weighted by atomic mass is 10.2. The number of hydrogen-bond acceptors (Lipinski definition) is 2. The van der Waals surface area contributed by atoms with E-state index in [0.29, 0.717) is 27.9 Å². The lowest BCUT2D eigenvalue weighted by molar-refractivity contribution is -0.137. The second-order valence-electron chi connectivity index (χ2n) is 5.34. The minimum Gasteiger partial charge on any atom is -0.316 e. The molecular weight excluding hydrogens is 349 g/mol. The molecule has 25 heavy (non-hydrogen) atoms. The number of thioether (sulfide) groups is 1. The van der Waals surface area contributed by atoms with Gasteiger partial charge in [-0.15, -0.1) is 0 Å². The Morgan fingerprint density at radius 2 is 1.84 bits per heavy atom. The first-order valence-corrected chi connectivity index (χ1v) is 8.15. The summed E-state index contributed by atoms with van der Waals surface area (Å²) in [6, 6.07) is 13.4. The number of aliphatic imine (C=N–C) groups is 1. The quantitative estimate of drug-likeness (QED) is 0.756. The Morgan fingerprint density at radius 3 is 2.52 bits per heavy atom. The molecule has 0 N–H and O–H groups in total. The summed E-state index contributed by atoms with van der Waals surface area (Å²) in [6.45, 7) is 4.14. The Bertz CT molecular complexity index is 847. The van der Waals surface area contributed by atoms with E-state index >= 15 is 0 Å². The van der Waals surface area contributed by atoms with Gasteiger partial charge in [-0.05, 0) is 30.3 Å². The molecular formula is C18H13F3N2OS. The molecule has 0 aromatic heterocycles. The van der Waals surface area contributed by atoms with Gasteiger partial charge in [0.25, 0.3) is 5.91 Å². The molecule has 2 aromatic rings. The molecule has 1 heterocycles. The van der Waals surface area contributed by atoms with Gasteiger partial charge in [0, 0.05) is 16.2 Å². The third kappa shape index (κ3) is 3.93. The van der Waals surface area contributed by atoms with E-state index in [0.717, 1.165) is 12.1 Å². The van der Waals surface area contributed by atoms with Crippen LogP contribution in [0.4, 0.5) is 18.9 Å². The van der Waals surface area contributed by atoms with E-state index in [1.54, 1.807) is 41.3 Å². The van der Waals surface area contributed by atoms with E-state index in [1.165, 1.54) is 17.8 Å². The molecule has 0 saturated carbocycles. The van der Waals surface area contributed by atoms with Crippen molar-refractivity contribution in [2.75, 3.05) is 11.4 Å². The molecule has 7 heteroatoms. The first kappa shape index (κ1) is 17.3. The molecule has 0 radical (unpaired) electrons. The van der Waals surface area contributed by atoms with Crippen LogP contribution in [0.1, 0.15) is 15.9 Å². The van der Waals surface area contributed by atoms with Crippen LogP contribution in [0.25, 0.3) is 0 Å². The molecule has 0 spiro atoms. The Kier molecular flexibility index (Phi) is 4.67. The van der Waals surface area contributed by atoms with E-state index in [4.69, 9.17) is 0 Å². The molecule has 1 aliphatic heterocycles. The molecule has 0 bridgehead atoms. The number of hydrogen-bond donors (Lipinski definition) is 0. The Balaban J connectivity index is 1.94. The zero-order chi connectivity index (χ0) is 18.0. The number of rotatable bonds is 2. The van der Waals surface area contributed by atoms with Crippen LogP contribution in [-0.2, 0) is 6.18 Å². The summed E-state index contributed by atoms with van der Waals surface area (Å²) in [6.07, 6.45) is -4.43. The fourth-order valence-electron chi connectivity index (χ4n) is 2.33. The van der Waals surface area contributed by atoms with Crippen molar-refractivity contribution < 1.29 is 18.0 Å². The molecule has 3 nitrogen and oxygen atoms in total. The molecule has 3 rings (SSSR count). The van der Waals surface area contributed by atoms with Gasteiger partial charge in [-0.3, -0.25) is 4.79 Å². The van der Waals surface area contributed by atoms with Gasteiger partial charge < -0.3 is 4.90 Å². The Labute approximate surface area is 146 Å². The largest absolute Gasteiger partial charge is 0.416 e. The van der Waals surface area contributed by atoms with Crippen LogP contribution in [0, 0.1) is 0 Å². The SMILES string of the molecule is C=C1CN(c2cccc(C(F)(F)F)c2)C(=NC(=O)c2ccccc2)S1. The van der Waals surface area contributed by atoms with Crippen molar-refractivity contribution in [3.63, 3.8) is 0 Å². The summed E-state index contributed by atoms with van der Waals surface area (Å²) in [5, 5.41) is 0.318. The van der Waals surface area contributed by atoms with Gasteiger partial charge in [0.15, 0.2) is 5.17 Å². The van der Waals surface area contributed by atoms with Crippen LogP contribution in [0.3, 0.4) is 0 Å². The fraction of sp³-hybridized carbons (Fsp3) is 0.111. The summed E-state index contributed by atoms with van der Waals surface area (Å²) < 4.78 is 38.8. The third-order valence-electron chi connectivity index (χ3n) is 3.50. The number of halogens is 3. The molecule has 0 unspecified atom stereocenters. The number of alkyl halides is 3. The number of benzene rings is 2. The van der Waals surface area contributed by atoms with Crippen molar-refractivity contribution in [2.45, 2.75) is 6.18 Å². The summed E-state index contributed by atoms with van der Waals surface area (Å²) in [4.78, 5) is 18.6. The molecule has 1 aliphatic rings. The molecule has 0 aliphatic carbocycles. The maximum Gasteiger partial charge on any atom is 0.416 e. The summed E-state index contributed by atoms with van der Waals surface area (Å²) in [5.74, 6) is -0.449. The van der Waals surface area contributed by atoms with Crippen molar-refractivity contribution in [3.8, 4) is 0 Å². The van der Waals surface area contributed by atoms with Gasteiger partial charge in [0.2, 0.25) is 0 Å². The van der Waals surface area contributed by atoms with Gasteiger partial charge in [-0.25, -0.2) is 0 Å². The molecule has 1 fully saturated rings. The smallest absolute Gasteiger partial charge is 0.316 e. The van der Waals surface area contributed by atoms with Crippen molar-refractivity contribution in [1.82, 2.24) is 0 Å².